The van der Waals surface area contributed by atoms with Crippen molar-refractivity contribution in [2.75, 3.05) is 10.7 Å². The molecule has 6 heteroatoms. The Morgan fingerprint density at radius 2 is 1.88 bits per heavy atom. The molecule has 4 nitrogen and oxygen atoms in total. The molecule has 1 aliphatic rings. The number of halogens is 1. The monoisotopic (exact) mass is 345 g/mol. The molecule has 3 rings (SSSR count). The highest BCUT2D eigenvalue weighted by Crippen LogP contribution is 2.25. The van der Waals surface area contributed by atoms with E-state index in [1.54, 1.807) is 18.2 Å². The second kappa shape index (κ2) is 6.20. The van der Waals surface area contributed by atoms with Crippen LogP contribution in [0.25, 0.3) is 0 Å². The number of aryl methyl sites for hydroxylation is 1. The Morgan fingerprint density at radius 1 is 1.17 bits per heavy atom. The van der Waals surface area contributed by atoms with E-state index in [1.165, 1.54) is 35.2 Å². The van der Waals surface area contributed by atoms with E-state index in [-0.39, 0.29) is 11.7 Å². The van der Waals surface area contributed by atoms with Crippen molar-refractivity contribution in [3.05, 3.63) is 77.0 Å². The summed E-state index contributed by atoms with van der Waals surface area (Å²) in [6.45, 7) is 1.87. The SMILES string of the molecule is Cc1cccc(C(=O)N(c2ccc(F)cc2)C2C=CS(=O)(=O)C2)c1. The predicted octanol–water partition coefficient (Wildman–Crippen LogP) is 3.09. The molecule has 0 saturated heterocycles. The molecule has 2 aromatic carbocycles. The Labute approximate surface area is 140 Å². The van der Waals surface area contributed by atoms with Crippen LogP contribution in [0.4, 0.5) is 10.1 Å². The van der Waals surface area contributed by atoms with E-state index in [4.69, 9.17) is 0 Å². The molecule has 124 valence electrons. The van der Waals surface area contributed by atoms with E-state index in [1.807, 2.05) is 13.0 Å². The minimum absolute atomic E-state index is 0.179. The van der Waals surface area contributed by atoms with Crippen LogP contribution < -0.4 is 4.90 Å². The minimum atomic E-state index is -3.33. The first-order valence-electron chi connectivity index (χ1n) is 7.42. The fourth-order valence-electron chi connectivity index (χ4n) is 2.70. The third-order valence-electron chi connectivity index (χ3n) is 3.83. The van der Waals surface area contributed by atoms with Gasteiger partial charge in [-0.25, -0.2) is 12.8 Å². The Kier molecular flexibility index (Phi) is 4.24. The number of anilines is 1. The van der Waals surface area contributed by atoms with Gasteiger partial charge >= 0.3 is 0 Å². The first-order chi connectivity index (χ1) is 11.4. The average Bonchev–Trinajstić information content (AvgIpc) is 2.89. The number of carbonyl (C=O) groups excluding carboxylic acids is 1. The molecule has 1 atom stereocenters. The maximum absolute atomic E-state index is 13.2. The highest BCUT2D eigenvalue weighted by atomic mass is 32.2. The standard InChI is InChI=1S/C18H16FNO3S/c1-13-3-2-4-14(11-13)18(21)20(16-7-5-15(19)6-8-16)17-9-10-24(22,23)12-17/h2-11,17H,12H2,1H3. The molecule has 0 fully saturated rings. The number of hydrogen-bond acceptors (Lipinski definition) is 3. The first-order valence-corrected chi connectivity index (χ1v) is 9.14. The molecule has 1 unspecified atom stereocenters. The fourth-order valence-corrected chi connectivity index (χ4v) is 3.97. The lowest BCUT2D eigenvalue weighted by molar-refractivity contribution is 0.0983. The van der Waals surface area contributed by atoms with E-state index in [0.29, 0.717) is 11.3 Å². The molecule has 0 aromatic heterocycles. The minimum Gasteiger partial charge on any atom is -0.300 e. The maximum atomic E-state index is 13.2. The largest absolute Gasteiger partial charge is 0.300 e. The normalized spacial score (nSPS) is 18.5. The Bertz CT molecular complexity index is 904. The molecular formula is C18H16FNO3S. The van der Waals surface area contributed by atoms with Gasteiger partial charge in [-0.3, -0.25) is 4.79 Å². The highest BCUT2D eigenvalue weighted by Gasteiger charge is 2.32. The smallest absolute Gasteiger partial charge is 0.258 e. The molecule has 0 radical (unpaired) electrons. The van der Waals surface area contributed by atoms with Crippen molar-refractivity contribution in [3.8, 4) is 0 Å². The van der Waals surface area contributed by atoms with E-state index < -0.39 is 21.7 Å². The third-order valence-corrected chi connectivity index (χ3v) is 5.21. The van der Waals surface area contributed by atoms with Crippen LogP contribution in [0.5, 0.6) is 0 Å². The molecule has 0 aliphatic carbocycles. The van der Waals surface area contributed by atoms with Crippen LogP contribution >= 0.6 is 0 Å². The topological polar surface area (TPSA) is 54.5 Å². The van der Waals surface area contributed by atoms with Crippen molar-refractivity contribution in [1.29, 1.82) is 0 Å². The van der Waals surface area contributed by atoms with Crippen molar-refractivity contribution in [2.24, 2.45) is 0 Å². The number of amides is 1. The van der Waals surface area contributed by atoms with Gasteiger partial charge in [-0.2, -0.15) is 0 Å². The molecule has 24 heavy (non-hydrogen) atoms. The zero-order valence-corrected chi connectivity index (χ0v) is 13.8. The lowest BCUT2D eigenvalue weighted by Gasteiger charge is -2.28. The molecule has 0 bridgehead atoms. The highest BCUT2D eigenvalue weighted by molar-refractivity contribution is 7.94. The number of sulfone groups is 1. The Hall–Kier alpha value is -2.47. The van der Waals surface area contributed by atoms with Gasteiger partial charge < -0.3 is 4.90 Å². The van der Waals surface area contributed by atoms with E-state index >= 15 is 0 Å². The van der Waals surface area contributed by atoms with E-state index in [2.05, 4.69) is 0 Å². The van der Waals surface area contributed by atoms with Crippen LogP contribution in [-0.4, -0.2) is 26.1 Å². The molecule has 0 saturated carbocycles. The zero-order valence-electron chi connectivity index (χ0n) is 13.0. The lowest BCUT2D eigenvalue weighted by Crippen LogP contribution is -2.41. The van der Waals surface area contributed by atoms with Crippen LogP contribution in [0.15, 0.2) is 60.0 Å². The van der Waals surface area contributed by atoms with Crippen LogP contribution in [0.1, 0.15) is 15.9 Å². The van der Waals surface area contributed by atoms with Crippen LogP contribution in [0, 0.1) is 12.7 Å². The lowest BCUT2D eigenvalue weighted by atomic mass is 10.1. The van der Waals surface area contributed by atoms with Gasteiger partial charge in [0.2, 0.25) is 0 Å². The van der Waals surface area contributed by atoms with Crippen molar-refractivity contribution in [2.45, 2.75) is 13.0 Å². The van der Waals surface area contributed by atoms with Crippen molar-refractivity contribution in [3.63, 3.8) is 0 Å². The maximum Gasteiger partial charge on any atom is 0.258 e. The summed E-state index contributed by atoms with van der Waals surface area (Å²) in [7, 11) is -3.33. The summed E-state index contributed by atoms with van der Waals surface area (Å²) in [6, 6.07) is 11.9. The van der Waals surface area contributed by atoms with Gasteiger partial charge in [0.1, 0.15) is 5.82 Å². The molecule has 2 aromatic rings. The summed E-state index contributed by atoms with van der Waals surface area (Å²) < 4.78 is 36.7. The van der Waals surface area contributed by atoms with E-state index in [9.17, 15) is 17.6 Å². The van der Waals surface area contributed by atoms with Crippen molar-refractivity contribution in [1.82, 2.24) is 0 Å². The van der Waals surface area contributed by atoms with Crippen LogP contribution in [0.3, 0.4) is 0 Å². The average molecular weight is 345 g/mol. The van der Waals surface area contributed by atoms with Crippen LogP contribution in [-0.2, 0) is 9.84 Å². The van der Waals surface area contributed by atoms with Gasteiger partial charge in [0.25, 0.3) is 5.91 Å². The predicted molar refractivity (Wildman–Crippen MR) is 91.1 cm³/mol. The molecular weight excluding hydrogens is 329 g/mol. The quantitative estimate of drug-likeness (QED) is 0.859. The fraction of sp³-hybridized carbons (Fsp3) is 0.167. The first kappa shape index (κ1) is 16.4. The van der Waals surface area contributed by atoms with Gasteiger partial charge in [0, 0.05) is 16.7 Å². The summed E-state index contributed by atoms with van der Waals surface area (Å²) in [5.74, 6) is -0.921. The summed E-state index contributed by atoms with van der Waals surface area (Å²) in [6.07, 6.45) is 1.49. The molecule has 1 heterocycles. The summed E-state index contributed by atoms with van der Waals surface area (Å²) >= 11 is 0. The number of rotatable bonds is 3. The number of carbonyl (C=O) groups is 1. The van der Waals surface area contributed by atoms with Crippen molar-refractivity contribution >= 4 is 21.4 Å². The van der Waals surface area contributed by atoms with Crippen LogP contribution in [0.2, 0.25) is 0 Å². The second-order valence-electron chi connectivity index (χ2n) is 5.75. The Balaban J connectivity index is 2.03. The molecule has 1 amide bonds. The number of nitrogens with zero attached hydrogens (tertiary/aromatic N) is 1. The summed E-state index contributed by atoms with van der Waals surface area (Å²) in [5.41, 5.74) is 1.83. The van der Waals surface area contributed by atoms with Gasteiger partial charge in [-0.1, -0.05) is 17.7 Å². The number of benzene rings is 2. The third kappa shape index (κ3) is 3.38. The number of hydrogen-bond donors (Lipinski definition) is 0. The van der Waals surface area contributed by atoms with Crippen molar-refractivity contribution < 1.29 is 17.6 Å². The molecule has 1 aliphatic heterocycles. The summed E-state index contributed by atoms with van der Waals surface area (Å²) in [5, 5.41) is 1.12. The van der Waals surface area contributed by atoms with Gasteiger partial charge in [-0.05, 0) is 49.4 Å². The molecule has 0 spiro atoms. The Morgan fingerprint density at radius 3 is 2.46 bits per heavy atom. The van der Waals surface area contributed by atoms with Gasteiger partial charge in [0.15, 0.2) is 9.84 Å². The summed E-state index contributed by atoms with van der Waals surface area (Å²) in [4.78, 5) is 14.4. The molecule has 0 N–H and O–H groups in total. The zero-order chi connectivity index (χ0) is 17.3. The van der Waals surface area contributed by atoms with Gasteiger partial charge in [0.05, 0.1) is 11.8 Å². The van der Waals surface area contributed by atoms with E-state index in [0.717, 1.165) is 11.0 Å². The second-order valence-corrected chi connectivity index (χ2v) is 7.68. The van der Waals surface area contributed by atoms with Gasteiger partial charge in [-0.15, -0.1) is 0 Å².